The van der Waals surface area contributed by atoms with Crippen molar-refractivity contribution in [1.82, 2.24) is 5.32 Å². The molecule has 2 aromatic rings. The lowest BCUT2D eigenvalue weighted by molar-refractivity contribution is -0.123. The first-order chi connectivity index (χ1) is 13.6. The van der Waals surface area contributed by atoms with E-state index in [1.54, 1.807) is 54.6 Å². The Morgan fingerprint density at radius 3 is 2.43 bits per heavy atom. The van der Waals surface area contributed by atoms with Crippen LogP contribution in [0.2, 0.25) is 0 Å². The van der Waals surface area contributed by atoms with Crippen molar-refractivity contribution in [3.05, 3.63) is 65.7 Å². The van der Waals surface area contributed by atoms with Gasteiger partial charge in [-0.25, -0.2) is 4.79 Å². The van der Waals surface area contributed by atoms with E-state index in [9.17, 15) is 14.4 Å². The molecular weight excluding hydrogens is 362 g/mol. The van der Waals surface area contributed by atoms with Crippen LogP contribution in [-0.2, 0) is 14.3 Å². The normalized spacial score (nSPS) is 15.6. The summed E-state index contributed by atoms with van der Waals surface area (Å²) in [5, 5.41) is 2.17. The molecule has 1 aliphatic heterocycles. The molecule has 1 atom stereocenters. The first-order valence-corrected chi connectivity index (χ1v) is 9.02. The number of ether oxygens (including phenoxy) is 3. The molecule has 0 unspecified atom stereocenters. The van der Waals surface area contributed by atoms with Crippen LogP contribution in [0.4, 0.5) is 0 Å². The third-order valence-corrected chi connectivity index (χ3v) is 4.17. The second kappa shape index (κ2) is 9.66. The van der Waals surface area contributed by atoms with Crippen molar-refractivity contribution in [1.29, 1.82) is 0 Å². The molecule has 7 nitrogen and oxygen atoms in total. The zero-order valence-corrected chi connectivity index (χ0v) is 15.3. The largest absolute Gasteiger partial charge is 0.491 e. The van der Waals surface area contributed by atoms with E-state index >= 15 is 0 Å². The molecule has 0 saturated carbocycles. The molecular formula is C21H21NO6. The number of nitrogens with one attached hydrogen (secondary N) is 1. The highest BCUT2D eigenvalue weighted by molar-refractivity contribution is 6.05. The molecule has 0 bridgehead atoms. The van der Waals surface area contributed by atoms with Crippen molar-refractivity contribution in [2.75, 3.05) is 19.8 Å². The fraction of sp³-hybridized carbons (Fsp3) is 0.286. The standard InChI is InChI=1S/C21H21NO6/c23-19(22-20(24)15-5-2-1-3-6-15)14-28-21(25)16-8-10-17(11-9-16)27-13-18-7-4-12-26-18/h1-3,5-6,8-11,18H,4,7,12-14H2,(H,22,23,24)/t18-/m0/s1. The molecule has 7 heteroatoms. The maximum atomic E-state index is 12.0. The van der Waals surface area contributed by atoms with Crippen LogP contribution in [0.3, 0.4) is 0 Å². The first-order valence-electron chi connectivity index (χ1n) is 9.02. The van der Waals surface area contributed by atoms with Gasteiger partial charge in [-0.3, -0.25) is 14.9 Å². The molecule has 0 radical (unpaired) electrons. The lowest BCUT2D eigenvalue weighted by Gasteiger charge is -2.11. The molecule has 0 aliphatic carbocycles. The number of esters is 1. The van der Waals surface area contributed by atoms with Gasteiger partial charge in [0.05, 0.1) is 11.7 Å². The van der Waals surface area contributed by atoms with Gasteiger partial charge in [0.2, 0.25) is 0 Å². The molecule has 1 N–H and O–H groups in total. The summed E-state index contributed by atoms with van der Waals surface area (Å²) in [6, 6.07) is 14.7. The van der Waals surface area contributed by atoms with Gasteiger partial charge >= 0.3 is 5.97 Å². The number of imide groups is 1. The Bertz CT molecular complexity index is 813. The fourth-order valence-corrected chi connectivity index (χ4v) is 2.69. The molecule has 146 valence electrons. The summed E-state index contributed by atoms with van der Waals surface area (Å²) in [4.78, 5) is 35.7. The second-order valence-corrected chi connectivity index (χ2v) is 6.29. The monoisotopic (exact) mass is 383 g/mol. The molecule has 0 spiro atoms. The van der Waals surface area contributed by atoms with E-state index < -0.39 is 24.4 Å². The van der Waals surface area contributed by atoms with Crippen LogP contribution in [0.1, 0.15) is 33.6 Å². The van der Waals surface area contributed by atoms with Crippen molar-refractivity contribution in [2.45, 2.75) is 18.9 Å². The third-order valence-electron chi connectivity index (χ3n) is 4.17. The Morgan fingerprint density at radius 2 is 1.75 bits per heavy atom. The van der Waals surface area contributed by atoms with Crippen LogP contribution >= 0.6 is 0 Å². The Labute approximate surface area is 162 Å². The molecule has 0 aromatic heterocycles. The van der Waals surface area contributed by atoms with Gasteiger partial charge in [0, 0.05) is 12.2 Å². The van der Waals surface area contributed by atoms with Gasteiger partial charge in [0.25, 0.3) is 11.8 Å². The number of carbonyl (C=O) groups excluding carboxylic acids is 3. The first kappa shape index (κ1) is 19.6. The van der Waals surface area contributed by atoms with Crippen molar-refractivity contribution < 1.29 is 28.6 Å². The van der Waals surface area contributed by atoms with Gasteiger partial charge in [-0.05, 0) is 49.2 Å². The van der Waals surface area contributed by atoms with Crippen LogP contribution in [0, 0.1) is 0 Å². The quantitative estimate of drug-likeness (QED) is 0.738. The number of amides is 2. The number of rotatable bonds is 7. The summed E-state index contributed by atoms with van der Waals surface area (Å²) < 4.78 is 16.1. The summed E-state index contributed by atoms with van der Waals surface area (Å²) in [6.07, 6.45) is 2.14. The summed E-state index contributed by atoms with van der Waals surface area (Å²) in [7, 11) is 0. The topological polar surface area (TPSA) is 90.9 Å². The van der Waals surface area contributed by atoms with Gasteiger partial charge in [-0.15, -0.1) is 0 Å². The lowest BCUT2D eigenvalue weighted by atomic mass is 10.2. The van der Waals surface area contributed by atoms with Crippen molar-refractivity contribution in [3.8, 4) is 5.75 Å². The molecule has 1 heterocycles. The van der Waals surface area contributed by atoms with Crippen LogP contribution in [-0.4, -0.2) is 43.7 Å². The zero-order valence-electron chi connectivity index (χ0n) is 15.3. The minimum atomic E-state index is -0.696. The van der Waals surface area contributed by atoms with Crippen molar-refractivity contribution >= 4 is 17.8 Å². The highest BCUT2D eigenvalue weighted by Crippen LogP contribution is 2.17. The van der Waals surface area contributed by atoms with E-state index in [1.165, 1.54) is 0 Å². The van der Waals surface area contributed by atoms with Crippen LogP contribution in [0.5, 0.6) is 5.75 Å². The maximum Gasteiger partial charge on any atom is 0.338 e. The van der Waals surface area contributed by atoms with Gasteiger partial charge in [0.15, 0.2) is 6.61 Å². The van der Waals surface area contributed by atoms with E-state index in [0.717, 1.165) is 19.4 Å². The van der Waals surface area contributed by atoms with Gasteiger partial charge in [0.1, 0.15) is 12.4 Å². The van der Waals surface area contributed by atoms with Crippen molar-refractivity contribution in [3.63, 3.8) is 0 Å². The van der Waals surface area contributed by atoms with E-state index in [-0.39, 0.29) is 11.7 Å². The van der Waals surface area contributed by atoms with Crippen LogP contribution in [0.25, 0.3) is 0 Å². The average molecular weight is 383 g/mol. The van der Waals surface area contributed by atoms with E-state index in [0.29, 0.717) is 17.9 Å². The predicted molar refractivity (Wildman–Crippen MR) is 100 cm³/mol. The van der Waals surface area contributed by atoms with E-state index in [4.69, 9.17) is 14.2 Å². The molecule has 1 saturated heterocycles. The predicted octanol–water partition coefficient (Wildman–Crippen LogP) is 2.36. The number of hydrogen-bond donors (Lipinski definition) is 1. The molecule has 28 heavy (non-hydrogen) atoms. The SMILES string of the molecule is O=C(COC(=O)c1ccc(OC[C@@H]2CCCO2)cc1)NC(=O)c1ccccc1. The Kier molecular flexibility index (Phi) is 6.75. The molecule has 1 fully saturated rings. The smallest absolute Gasteiger partial charge is 0.338 e. The lowest BCUT2D eigenvalue weighted by Crippen LogP contribution is -2.34. The van der Waals surface area contributed by atoms with Gasteiger partial charge in [-0.1, -0.05) is 18.2 Å². The number of benzene rings is 2. The van der Waals surface area contributed by atoms with Crippen LogP contribution in [0.15, 0.2) is 54.6 Å². The molecule has 2 amide bonds. The Morgan fingerprint density at radius 1 is 1.00 bits per heavy atom. The third kappa shape index (κ3) is 5.65. The molecule has 3 rings (SSSR count). The number of hydrogen-bond acceptors (Lipinski definition) is 6. The van der Waals surface area contributed by atoms with E-state index in [1.807, 2.05) is 0 Å². The van der Waals surface area contributed by atoms with E-state index in [2.05, 4.69) is 5.32 Å². The fourth-order valence-electron chi connectivity index (χ4n) is 2.69. The summed E-state index contributed by atoms with van der Waals surface area (Å²) in [5.41, 5.74) is 0.632. The Balaban J connectivity index is 1.42. The summed E-state index contributed by atoms with van der Waals surface area (Å²) in [6.45, 7) is 0.692. The average Bonchev–Trinajstić information content (AvgIpc) is 3.25. The minimum absolute atomic E-state index is 0.113. The zero-order chi connectivity index (χ0) is 19.8. The molecule has 2 aromatic carbocycles. The highest BCUT2D eigenvalue weighted by atomic mass is 16.5. The van der Waals surface area contributed by atoms with Crippen LogP contribution < -0.4 is 10.1 Å². The van der Waals surface area contributed by atoms with Crippen molar-refractivity contribution in [2.24, 2.45) is 0 Å². The van der Waals surface area contributed by atoms with Gasteiger partial charge < -0.3 is 14.2 Å². The Hall–Kier alpha value is -3.19. The maximum absolute atomic E-state index is 12.0. The summed E-state index contributed by atoms with van der Waals surface area (Å²) >= 11 is 0. The summed E-state index contributed by atoms with van der Waals surface area (Å²) in [5.74, 6) is -1.28. The van der Waals surface area contributed by atoms with Gasteiger partial charge in [-0.2, -0.15) is 0 Å². The second-order valence-electron chi connectivity index (χ2n) is 6.29. The highest BCUT2D eigenvalue weighted by Gasteiger charge is 2.16. The molecule has 1 aliphatic rings. The minimum Gasteiger partial charge on any atom is -0.491 e. The number of carbonyl (C=O) groups is 3.